The second-order valence-electron chi connectivity index (χ2n) is 9.48. The number of Topliss-reactive ketones (excluding diaryl/α,β-unsaturated/α-hetero) is 1. The number of aliphatic carboxylic acids is 1. The molecule has 2 amide bonds. The summed E-state index contributed by atoms with van der Waals surface area (Å²) in [5.41, 5.74) is 5.33. The molecule has 0 saturated heterocycles. The predicted octanol–water partition coefficient (Wildman–Crippen LogP) is 4.05. The second kappa shape index (κ2) is 11.7. The van der Waals surface area contributed by atoms with Crippen molar-refractivity contribution < 1.29 is 29.0 Å². The fourth-order valence-corrected chi connectivity index (χ4v) is 4.20. The van der Waals surface area contributed by atoms with Gasteiger partial charge in [-0.25, -0.2) is 4.79 Å². The molecular weight excluding hydrogens is 533 g/mol. The van der Waals surface area contributed by atoms with Crippen LogP contribution >= 0.6 is 23.2 Å². The van der Waals surface area contributed by atoms with Crippen LogP contribution in [-0.2, 0) is 19.2 Å². The monoisotopic (exact) mass is 559 g/mol. The molecule has 1 heterocycles. The summed E-state index contributed by atoms with van der Waals surface area (Å²) >= 11 is 12.4. The fourth-order valence-electron chi connectivity index (χ4n) is 3.90. The third-order valence-corrected chi connectivity index (χ3v) is 6.05. The normalized spacial score (nSPS) is 15.8. The first kappa shape index (κ1) is 28.7. The Balaban J connectivity index is 2.24. The van der Waals surface area contributed by atoms with Crippen molar-refractivity contribution in [3.8, 4) is 5.75 Å². The SMILES string of the molecule is CC(C)(C)C(=O)C1=C(NCC(N)=O)C(=O)N(c2cc(Cl)ccc2OC/C=C/C(=O)O)C1c1ccc(Cl)cc1. The van der Waals surface area contributed by atoms with Crippen molar-refractivity contribution in [2.24, 2.45) is 11.1 Å². The molecule has 0 radical (unpaired) electrons. The van der Waals surface area contributed by atoms with E-state index in [9.17, 15) is 19.2 Å². The highest BCUT2D eigenvalue weighted by Gasteiger charge is 2.47. The first-order valence-corrected chi connectivity index (χ1v) is 12.3. The number of carbonyl (C=O) groups excluding carboxylic acids is 3. The van der Waals surface area contributed by atoms with E-state index in [1.165, 1.54) is 17.0 Å². The van der Waals surface area contributed by atoms with Gasteiger partial charge in [-0.1, -0.05) is 56.1 Å². The number of nitrogens with two attached hydrogens (primary N) is 1. The molecule has 38 heavy (non-hydrogen) atoms. The van der Waals surface area contributed by atoms with E-state index >= 15 is 0 Å². The molecule has 2 aromatic carbocycles. The predicted molar refractivity (Wildman–Crippen MR) is 144 cm³/mol. The van der Waals surface area contributed by atoms with E-state index in [1.54, 1.807) is 57.2 Å². The number of anilines is 1. The minimum Gasteiger partial charge on any atom is -0.487 e. The lowest BCUT2D eigenvalue weighted by Crippen LogP contribution is -2.35. The molecule has 1 atom stereocenters. The highest BCUT2D eigenvalue weighted by Crippen LogP contribution is 2.46. The number of amides is 2. The summed E-state index contributed by atoms with van der Waals surface area (Å²) in [4.78, 5) is 51.5. The third kappa shape index (κ3) is 6.54. The van der Waals surface area contributed by atoms with Gasteiger partial charge in [0.2, 0.25) is 5.91 Å². The van der Waals surface area contributed by atoms with Crippen molar-refractivity contribution >= 4 is 52.5 Å². The van der Waals surface area contributed by atoms with Crippen molar-refractivity contribution in [3.05, 3.63) is 81.5 Å². The summed E-state index contributed by atoms with van der Waals surface area (Å²) < 4.78 is 5.78. The molecule has 0 bridgehead atoms. The van der Waals surface area contributed by atoms with E-state index in [0.29, 0.717) is 15.6 Å². The summed E-state index contributed by atoms with van der Waals surface area (Å²) in [5, 5.41) is 12.4. The zero-order valence-corrected chi connectivity index (χ0v) is 22.5. The average Bonchev–Trinajstić information content (AvgIpc) is 3.12. The molecule has 1 aliphatic heterocycles. The Kier molecular flexibility index (Phi) is 8.85. The number of hydrogen-bond donors (Lipinski definition) is 3. The van der Waals surface area contributed by atoms with E-state index in [4.69, 9.17) is 38.8 Å². The van der Waals surface area contributed by atoms with Crippen LogP contribution in [-0.4, -0.2) is 41.8 Å². The number of rotatable bonds is 10. The third-order valence-electron chi connectivity index (χ3n) is 5.56. The summed E-state index contributed by atoms with van der Waals surface area (Å²) in [7, 11) is 0. The zero-order valence-electron chi connectivity index (χ0n) is 21.0. The summed E-state index contributed by atoms with van der Waals surface area (Å²) in [6.07, 6.45) is 2.23. The summed E-state index contributed by atoms with van der Waals surface area (Å²) in [5.74, 6) is -2.56. The topological polar surface area (TPSA) is 139 Å². The van der Waals surface area contributed by atoms with Crippen molar-refractivity contribution in [1.82, 2.24) is 5.32 Å². The smallest absolute Gasteiger partial charge is 0.328 e. The minimum absolute atomic E-state index is 0.0691. The Hall–Kier alpha value is -3.82. The fraction of sp³-hybridized carbons (Fsp3) is 0.259. The Labute approximate surface area is 229 Å². The molecule has 0 fully saturated rings. The molecule has 11 heteroatoms. The number of nitrogens with one attached hydrogen (secondary N) is 1. The van der Waals surface area contributed by atoms with E-state index in [1.807, 2.05) is 0 Å². The standard InChI is InChI=1S/C27H27Cl2N3O6/c1-27(2,3)25(36)22-23(31-14-20(30)33)26(37)32(24(22)15-6-8-16(28)9-7-15)18-13-17(29)10-11-19(18)38-12-4-5-21(34)35/h4-11,13,24,31H,12,14H2,1-3H3,(H2,30,33)(H,34,35)/b5-4+. The molecule has 1 unspecified atom stereocenters. The van der Waals surface area contributed by atoms with Crippen LogP contribution < -0.4 is 20.7 Å². The number of carboxylic acids is 1. The Morgan fingerprint density at radius 2 is 1.74 bits per heavy atom. The van der Waals surface area contributed by atoms with E-state index in [0.717, 1.165) is 6.08 Å². The van der Waals surface area contributed by atoms with Crippen LogP contribution in [0.2, 0.25) is 10.0 Å². The summed E-state index contributed by atoms with van der Waals surface area (Å²) in [6.45, 7) is 4.69. The maximum Gasteiger partial charge on any atom is 0.328 e. The van der Waals surface area contributed by atoms with Gasteiger partial charge in [-0.15, -0.1) is 0 Å². The Morgan fingerprint density at radius 3 is 2.32 bits per heavy atom. The van der Waals surface area contributed by atoms with Gasteiger partial charge in [0.05, 0.1) is 23.8 Å². The molecule has 0 aliphatic carbocycles. The van der Waals surface area contributed by atoms with Crippen LogP contribution in [0.4, 0.5) is 5.69 Å². The lowest BCUT2D eigenvalue weighted by Gasteiger charge is -2.30. The minimum atomic E-state index is -1.14. The van der Waals surface area contributed by atoms with Crippen LogP contribution in [0.1, 0.15) is 32.4 Å². The number of hydrogen-bond acceptors (Lipinski definition) is 6. The number of ether oxygens (including phenoxy) is 1. The number of benzene rings is 2. The van der Waals surface area contributed by atoms with Gasteiger partial charge >= 0.3 is 5.97 Å². The molecule has 0 spiro atoms. The highest BCUT2D eigenvalue weighted by atomic mass is 35.5. The lowest BCUT2D eigenvalue weighted by molar-refractivity contribution is -0.131. The van der Waals surface area contributed by atoms with Crippen molar-refractivity contribution in [2.75, 3.05) is 18.1 Å². The molecule has 1 aliphatic rings. The van der Waals surface area contributed by atoms with Crippen LogP contribution in [0.3, 0.4) is 0 Å². The van der Waals surface area contributed by atoms with Gasteiger partial charge in [0.1, 0.15) is 18.1 Å². The second-order valence-corrected chi connectivity index (χ2v) is 10.4. The van der Waals surface area contributed by atoms with E-state index in [-0.39, 0.29) is 41.6 Å². The number of ketones is 1. The number of carboxylic acid groups (broad SMARTS) is 1. The Bertz CT molecular complexity index is 1330. The molecule has 4 N–H and O–H groups in total. The quantitative estimate of drug-likeness (QED) is 0.373. The molecular formula is C27H27Cl2N3O6. The van der Waals surface area contributed by atoms with Gasteiger partial charge in [-0.2, -0.15) is 0 Å². The molecule has 9 nitrogen and oxygen atoms in total. The van der Waals surface area contributed by atoms with Crippen LogP contribution in [0.25, 0.3) is 0 Å². The van der Waals surface area contributed by atoms with Crippen LogP contribution in [0.15, 0.2) is 65.9 Å². The van der Waals surface area contributed by atoms with Gasteiger partial charge in [0.25, 0.3) is 5.91 Å². The van der Waals surface area contributed by atoms with Crippen molar-refractivity contribution in [3.63, 3.8) is 0 Å². The average molecular weight is 560 g/mol. The largest absolute Gasteiger partial charge is 0.487 e. The molecule has 0 aromatic heterocycles. The molecule has 2 aromatic rings. The zero-order chi connectivity index (χ0) is 28.2. The van der Waals surface area contributed by atoms with Crippen LogP contribution in [0.5, 0.6) is 5.75 Å². The van der Waals surface area contributed by atoms with Crippen molar-refractivity contribution in [2.45, 2.75) is 26.8 Å². The van der Waals surface area contributed by atoms with Crippen molar-refractivity contribution in [1.29, 1.82) is 0 Å². The molecule has 0 saturated carbocycles. The molecule has 3 rings (SSSR count). The molecule has 200 valence electrons. The van der Waals surface area contributed by atoms with Gasteiger partial charge in [-0.3, -0.25) is 19.3 Å². The first-order chi connectivity index (χ1) is 17.8. The maximum atomic E-state index is 14.0. The Morgan fingerprint density at radius 1 is 1.11 bits per heavy atom. The van der Waals surface area contributed by atoms with Gasteiger partial charge < -0.3 is 20.9 Å². The van der Waals surface area contributed by atoms with E-state index in [2.05, 4.69) is 5.32 Å². The number of halogens is 2. The van der Waals surface area contributed by atoms with Crippen LogP contribution in [0, 0.1) is 5.41 Å². The number of nitrogens with zero attached hydrogens (tertiary/aromatic N) is 1. The maximum absolute atomic E-state index is 14.0. The first-order valence-electron chi connectivity index (χ1n) is 11.5. The van der Waals surface area contributed by atoms with Gasteiger partial charge in [0, 0.05) is 21.5 Å². The lowest BCUT2D eigenvalue weighted by atomic mass is 9.82. The van der Waals surface area contributed by atoms with Gasteiger partial charge in [-0.05, 0) is 42.0 Å². The highest BCUT2D eigenvalue weighted by molar-refractivity contribution is 6.31. The summed E-state index contributed by atoms with van der Waals surface area (Å²) in [6, 6.07) is 10.3. The number of primary amides is 1. The van der Waals surface area contributed by atoms with Gasteiger partial charge in [0.15, 0.2) is 5.78 Å². The number of carbonyl (C=O) groups is 4. The van der Waals surface area contributed by atoms with E-state index < -0.39 is 29.2 Å².